The lowest BCUT2D eigenvalue weighted by Crippen LogP contribution is -2.26. The molecule has 0 bridgehead atoms. The Balaban J connectivity index is 1.67. The normalized spacial score (nSPS) is 11.2. The Bertz CT molecular complexity index is 1210. The maximum absolute atomic E-state index is 12.4. The van der Waals surface area contributed by atoms with Crippen molar-refractivity contribution >= 4 is 27.6 Å². The molecule has 0 heterocycles. The minimum atomic E-state index is -3.92. The number of nitrogens with one attached hydrogen (secondary N) is 1. The monoisotopic (exact) mass is 454 g/mol. The lowest BCUT2D eigenvalue weighted by molar-refractivity contribution is -0.119. The molecule has 1 amide bonds. The number of hydrogen-bond acceptors (Lipinski definition) is 6. The second kappa shape index (κ2) is 10.2. The van der Waals surface area contributed by atoms with Gasteiger partial charge in [0.15, 0.2) is 6.61 Å². The third-order valence-electron chi connectivity index (χ3n) is 4.58. The van der Waals surface area contributed by atoms with Gasteiger partial charge in [-0.3, -0.25) is 9.63 Å². The summed E-state index contributed by atoms with van der Waals surface area (Å²) in [6, 6.07) is 22.1. The number of carbonyl (C=O) groups excluding carboxylic acids is 2. The van der Waals surface area contributed by atoms with Gasteiger partial charge in [0.05, 0.1) is 17.6 Å². The molecule has 3 aromatic rings. The first-order valence-corrected chi connectivity index (χ1v) is 11.0. The molecule has 0 saturated heterocycles. The molecule has 1 N–H and O–H groups in total. The number of amides is 1. The van der Waals surface area contributed by atoms with Crippen molar-refractivity contribution in [1.29, 1.82) is 0 Å². The summed E-state index contributed by atoms with van der Waals surface area (Å²) in [4.78, 5) is 29.3. The van der Waals surface area contributed by atoms with Crippen LogP contribution in [0.2, 0.25) is 0 Å². The molecule has 0 aromatic heterocycles. The quantitative estimate of drug-likeness (QED) is 0.414. The van der Waals surface area contributed by atoms with Crippen LogP contribution in [-0.2, 0) is 24.4 Å². The van der Waals surface area contributed by atoms with Gasteiger partial charge in [-0.2, -0.15) is 0 Å². The lowest BCUT2D eigenvalue weighted by atomic mass is 10.0. The molecule has 3 rings (SSSR count). The Kier molecular flexibility index (Phi) is 7.37. The summed E-state index contributed by atoms with van der Waals surface area (Å²) in [6.07, 6.45) is 0. The summed E-state index contributed by atoms with van der Waals surface area (Å²) >= 11 is 0. The highest BCUT2D eigenvalue weighted by Gasteiger charge is 2.22. The zero-order chi connectivity index (χ0) is 23.1. The van der Waals surface area contributed by atoms with Crippen molar-refractivity contribution in [3.05, 3.63) is 84.4 Å². The molecule has 0 saturated carbocycles. The van der Waals surface area contributed by atoms with Gasteiger partial charge in [-0.1, -0.05) is 59.1 Å². The predicted molar refractivity (Wildman–Crippen MR) is 119 cm³/mol. The van der Waals surface area contributed by atoms with Gasteiger partial charge in [0.25, 0.3) is 15.9 Å². The Hall–Kier alpha value is -3.53. The second-order valence-electron chi connectivity index (χ2n) is 6.66. The molecule has 32 heavy (non-hydrogen) atoms. The molecule has 9 heteroatoms. The highest BCUT2D eigenvalue weighted by molar-refractivity contribution is 7.89. The first-order valence-electron chi connectivity index (χ1n) is 9.57. The molecule has 0 aliphatic rings. The maximum Gasteiger partial charge on any atom is 0.338 e. The summed E-state index contributed by atoms with van der Waals surface area (Å²) in [6.45, 7) is -0.531. The van der Waals surface area contributed by atoms with Gasteiger partial charge in [-0.15, -0.1) is 0 Å². The van der Waals surface area contributed by atoms with E-state index >= 15 is 0 Å². The number of benzene rings is 3. The van der Waals surface area contributed by atoms with Gasteiger partial charge in [0.2, 0.25) is 0 Å². The highest BCUT2D eigenvalue weighted by Crippen LogP contribution is 2.27. The lowest BCUT2D eigenvalue weighted by Gasteiger charge is -2.14. The van der Waals surface area contributed by atoms with E-state index < -0.39 is 28.5 Å². The van der Waals surface area contributed by atoms with Crippen molar-refractivity contribution in [2.24, 2.45) is 0 Å². The summed E-state index contributed by atoms with van der Waals surface area (Å²) < 4.78 is 30.4. The Morgan fingerprint density at radius 2 is 1.62 bits per heavy atom. The van der Waals surface area contributed by atoms with E-state index in [1.807, 2.05) is 42.5 Å². The van der Waals surface area contributed by atoms with Crippen LogP contribution < -0.4 is 5.32 Å². The number of rotatable bonds is 8. The van der Waals surface area contributed by atoms with Crippen molar-refractivity contribution in [3.63, 3.8) is 0 Å². The zero-order valence-corrected chi connectivity index (χ0v) is 18.3. The SMILES string of the molecule is CON(C)S(=O)(=O)c1cccc(C(=O)OCC(=O)Nc2ccccc2-c2ccccc2)c1. The maximum atomic E-state index is 12.4. The average molecular weight is 455 g/mol. The van der Waals surface area contributed by atoms with Crippen LogP contribution in [-0.4, -0.2) is 45.5 Å². The molecule has 0 atom stereocenters. The van der Waals surface area contributed by atoms with Crippen molar-refractivity contribution in [2.45, 2.75) is 4.90 Å². The summed E-state index contributed by atoms with van der Waals surface area (Å²) in [5, 5.41) is 2.74. The van der Waals surface area contributed by atoms with Crippen molar-refractivity contribution < 1.29 is 27.6 Å². The number of ether oxygens (including phenoxy) is 1. The number of carbonyl (C=O) groups is 2. The van der Waals surface area contributed by atoms with Crippen LogP contribution in [0.4, 0.5) is 5.69 Å². The van der Waals surface area contributed by atoms with Crippen LogP contribution >= 0.6 is 0 Å². The number of nitrogens with zero attached hydrogens (tertiary/aromatic N) is 1. The van der Waals surface area contributed by atoms with Gasteiger partial charge in [-0.05, 0) is 29.8 Å². The van der Waals surface area contributed by atoms with Crippen LogP contribution in [0.5, 0.6) is 0 Å². The van der Waals surface area contributed by atoms with E-state index in [-0.39, 0.29) is 10.5 Å². The fourth-order valence-electron chi connectivity index (χ4n) is 2.89. The highest BCUT2D eigenvalue weighted by atomic mass is 32.2. The molecule has 0 unspecified atom stereocenters. The van der Waals surface area contributed by atoms with E-state index in [2.05, 4.69) is 5.32 Å². The van der Waals surface area contributed by atoms with Gasteiger partial charge in [0.1, 0.15) is 0 Å². The van der Waals surface area contributed by atoms with Crippen LogP contribution in [0.3, 0.4) is 0 Å². The Morgan fingerprint density at radius 3 is 2.34 bits per heavy atom. The Labute approximate surface area is 186 Å². The summed E-state index contributed by atoms with van der Waals surface area (Å²) in [7, 11) is -1.48. The molecule has 0 fully saturated rings. The number of sulfonamides is 1. The largest absolute Gasteiger partial charge is 0.452 e. The number of esters is 1. The summed E-state index contributed by atoms with van der Waals surface area (Å²) in [5.74, 6) is -1.35. The average Bonchev–Trinajstić information content (AvgIpc) is 2.83. The predicted octanol–water partition coefficient (Wildman–Crippen LogP) is 3.33. The van der Waals surface area contributed by atoms with Crippen molar-refractivity contribution in [3.8, 4) is 11.1 Å². The van der Waals surface area contributed by atoms with Crippen LogP contribution in [0.15, 0.2) is 83.8 Å². The van der Waals surface area contributed by atoms with Crippen LogP contribution in [0, 0.1) is 0 Å². The van der Waals surface area contributed by atoms with Crippen molar-refractivity contribution in [1.82, 2.24) is 4.47 Å². The standard InChI is InChI=1S/C23H22N2O6S/c1-25(30-2)32(28,29)19-12-8-11-18(15-19)23(27)31-16-22(26)24-21-14-7-6-13-20(21)17-9-4-3-5-10-17/h3-15H,16H2,1-2H3,(H,24,26). The fourth-order valence-corrected chi connectivity index (χ4v) is 3.91. The first-order chi connectivity index (χ1) is 15.3. The molecule has 0 radical (unpaired) electrons. The molecule has 8 nitrogen and oxygen atoms in total. The van der Waals surface area contributed by atoms with E-state index in [1.165, 1.54) is 32.4 Å². The molecule has 0 aliphatic heterocycles. The molecule has 166 valence electrons. The van der Waals surface area contributed by atoms with E-state index in [4.69, 9.17) is 9.57 Å². The number of anilines is 1. The molecule has 0 spiro atoms. The second-order valence-corrected chi connectivity index (χ2v) is 8.60. The van der Waals surface area contributed by atoms with Crippen LogP contribution in [0.25, 0.3) is 11.1 Å². The van der Waals surface area contributed by atoms with Crippen LogP contribution in [0.1, 0.15) is 10.4 Å². The van der Waals surface area contributed by atoms with Gasteiger partial charge < -0.3 is 10.1 Å². The van der Waals surface area contributed by atoms with Gasteiger partial charge >= 0.3 is 5.97 Å². The summed E-state index contributed by atoms with van der Waals surface area (Å²) in [5.41, 5.74) is 2.33. The minimum Gasteiger partial charge on any atom is -0.452 e. The van der Waals surface area contributed by atoms with Gasteiger partial charge in [-0.25, -0.2) is 13.2 Å². The fraction of sp³-hybridized carbons (Fsp3) is 0.130. The minimum absolute atomic E-state index is 0.00642. The molecule has 0 aliphatic carbocycles. The van der Waals surface area contributed by atoms with E-state index in [0.717, 1.165) is 17.2 Å². The third-order valence-corrected chi connectivity index (χ3v) is 6.26. The number of hydroxylamine groups is 1. The number of para-hydroxylation sites is 1. The molecular formula is C23H22N2O6S. The topological polar surface area (TPSA) is 102 Å². The van der Waals surface area contributed by atoms with E-state index in [1.54, 1.807) is 12.1 Å². The zero-order valence-electron chi connectivity index (χ0n) is 17.5. The molecule has 3 aromatic carbocycles. The first kappa shape index (κ1) is 23.1. The smallest absolute Gasteiger partial charge is 0.338 e. The number of hydrogen-bond donors (Lipinski definition) is 1. The van der Waals surface area contributed by atoms with Gasteiger partial charge in [0, 0.05) is 18.3 Å². The molecular weight excluding hydrogens is 432 g/mol. The van der Waals surface area contributed by atoms with E-state index in [0.29, 0.717) is 10.2 Å². The van der Waals surface area contributed by atoms with Crippen molar-refractivity contribution in [2.75, 3.05) is 26.1 Å². The third kappa shape index (κ3) is 5.38. The van der Waals surface area contributed by atoms with E-state index in [9.17, 15) is 18.0 Å². The Morgan fingerprint density at radius 1 is 0.938 bits per heavy atom.